The van der Waals surface area contributed by atoms with E-state index in [9.17, 15) is 9.90 Å². The number of amides is 1. The molecule has 0 aromatic carbocycles. The molecule has 2 rings (SSSR count). The Hall–Kier alpha value is -0.690. The SMILES string of the molecule is O=C(NCC1COCCO1)C1CC(O)CN1. The first kappa shape index (κ1) is 11.8. The molecule has 2 aliphatic rings. The van der Waals surface area contributed by atoms with E-state index in [1.54, 1.807) is 0 Å². The van der Waals surface area contributed by atoms with E-state index in [-0.39, 0.29) is 18.1 Å². The van der Waals surface area contributed by atoms with Gasteiger partial charge in [0.2, 0.25) is 5.91 Å². The second-order valence-corrected chi connectivity index (χ2v) is 4.16. The second kappa shape index (κ2) is 5.58. The highest BCUT2D eigenvalue weighted by Crippen LogP contribution is 2.06. The van der Waals surface area contributed by atoms with Gasteiger partial charge in [-0.2, -0.15) is 0 Å². The maximum absolute atomic E-state index is 11.7. The summed E-state index contributed by atoms with van der Waals surface area (Å²) in [4.78, 5) is 11.7. The van der Waals surface area contributed by atoms with Crippen molar-refractivity contribution in [2.45, 2.75) is 24.7 Å². The highest BCUT2D eigenvalue weighted by atomic mass is 16.6. The molecule has 3 atom stereocenters. The fraction of sp³-hybridized carbons (Fsp3) is 0.900. The van der Waals surface area contributed by atoms with Gasteiger partial charge in [0.15, 0.2) is 0 Å². The Morgan fingerprint density at radius 3 is 3.00 bits per heavy atom. The molecule has 0 radical (unpaired) electrons. The first-order chi connectivity index (χ1) is 7.75. The molecule has 1 amide bonds. The molecular weight excluding hydrogens is 212 g/mol. The monoisotopic (exact) mass is 230 g/mol. The quantitative estimate of drug-likeness (QED) is 0.535. The summed E-state index contributed by atoms with van der Waals surface area (Å²) in [5, 5.41) is 15.0. The van der Waals surface area contributed by atoms with Crippen molar-refractivity contribution in [1.29, 1.82) is 0 Å². The molecule has 2 aliphatic heterocycles. The minimum Gasteiger partial charge on any atom is -0.392 e. The van der Waals surface area contributed by atoms with Crippen LogP contribution in [0, 0.1) is 0 Å². The molecule has 0 bridgehead atoms. The summed E-state index contributed by atoms with van der Waals surface area (Å²) >= 11 is 0. The highest BCUT2D eigenvalue weighted by Gasteiger charge is 2.28. The van der Waals surface area contributed by atoms with Gasteiger partial charge < -0.3 is 25.2 Å². The van der Waals surface area contributed by atoms with Crippen molar-refractivity contribution < 1.29 is 19.4 Å². The van der Waals surface area contributed by atoms with Crippen LogP contribution in [0.5, 0.6) is 0 Å². The Labute approximate surface area is 94.3 Å². The molecule has 0 saturated carbocycles. The van der Waals surface area contributed by atoms with Crippen LogP contribution in [0.25, 0.3) is 0 Å². The lowest BCUT2D eigenvalue weighted by molar-refractivity contribution is -0.125. The maximum atomic E-state index is 11.7. The number of hydrogen-bond acceptors (Lipinski definition) is 5. The normalized spacial score (nSPS) is 34.9. The molecule has 0 aromatic heterocycles. The number of nitrogens with one attached hydrogen (secondary N) is 2. The van der Waals surface area contributed by atoms with E-state index >= 15 is 0 Å². The predicted molar refractivity (Wildman–Crippen MR) is 56.0 cm³/mol. The molecule has 2 heterocycles. The molecule has 2 saturated heterocycles. The van der Waals surface area contributed by atoms with Crippen molar-refractivity contribution in [3.05, 3.63) is 0 Å². The first-order valence-electron chi connectivity index (χ1n) is 5.64. The van der Waals surface area contributed by atoms with E-state index in [4.69, 9.17) is 9.47 Å². The zero-order valence-corrected chi connectivity index (χ0v) is 9.15. The Morgan fingerprint density at radius 2 is 2.38 bits per heavy atom. The predicted octanol–water partition coefficient (Wildman–Crippen LogP) is -1.76. The van der Waals surface area contributed by atoms with Crippen LogP contribution in [0.15, 0.2) is 0 Å². The Kier molecular flexibility index (Phi) is 4.11. The fourth-order valence-electron chi connectivity index (χ4n) is 1.91. The summed E-state index contributed by atoms with van der Waals surface area (Å²) in [7, 11) is 0. The van der Waals surface area contributed by atoms with E-state index in [2.05, 4.69) is 10.6 Å². The number of carbonyl (C=O) groups excluding carboxylic acids is 1. The van der Waals surface area contributed by atoms with Crippen LogP contribution in [-0.4, -0.2) is 62.2 Å². The third kappa shape index (κ3) is 3.15. The number of rotatable bonds is 3. The summed E-state index contributed by atoms with van der Waals surface area (Å²) in [6, 6.07) is -0.278. The van der Waals surface area contributed by atoms with Gasteiger partial charge in [-0.25, -0.2) is 0 Å². The third-order valence-electron chi connectivity index (χ3n) is 2.81. The molecule has 3 unspecified atom stereocenters. The highest BCUT2D eigenvalue weighted by molar-refractivity contribution is 5.82. The number of hydrogen-bond donors (Lipinski definition) is 3. The summed E-state index contributed by atoms with van der Waals surface area (Å²) in [5.41, 5.74) is 0. The van der Waals surface area contributed by atoms with Crippen LogP contribution in [-0.2, 0) is 14.3 Å². The largest absolute Gasteiger partial charge is 0.392 e. The van der Waals surface area contributed by atoms with Crippen molar-refractivity contribution >= 4 is 5.91 Å². The fourth-order valence-corrected chi connectivity index (χ4v) is 1.91. The van der Waals surface area contributed by atoms with Gasteiger partial charge in [-0.15, -0.1) is 0 Å². The number of aliphatic hydroxyl groups is 1. The average Bonchev–Trinajstić information content (AvgIpc) is 2.74. The number of carbonyl (C=O) groups is 1. The van der Waals surface area contributed by atoms with Crippen molar-refractivity contribution in [3.63, 3.8) is 0 Å². The molecule has 92 valence electrons. The van der Waals surface area contributed by atoms with Gasteiger partial charge in [-0.05, 0) is 6.42 Å². The second-order valence-electron chi connectivity index (χ2n) is 4.16. The number of β-amino-alcohol motifs (C(OH)–C–C–N with tert-alkyl or cyclic N) is 1. The Balaban J connectivity index is 1.67. The minimum atomic E-state index is -0.412. The minimum absolute atomic E-state index is 0.0518. The number of ether oxygens (including phenoxy) is 2. The van der Waals surface area contributed by atoms with Gasteiger partial charge in [0.05, 0.1) is 38.1 Å². The smallest absolute Gasteiger partial charge is 0.237 e. The van der Waals surface area contributed by atoms with E-state index in [1.165, 1.54) is 0 Å². The van der Waals surface area contributed by atoms with Crippen LogP contribution in [0.3, 0.4) is 0 Å². The van der Waals surface area contributed by atoms with Crippen molar-refractivity contribution in [1.82, 2.24) is 10.6 Å². The molecule has 3 N–H and O–H groups in total. The van der Waals surface area contributed by atoms with Gasteiger partial charge in [0, 0.05) is 13.1 Å². The maximum Gasteiger partial charge on any atom is 0.237 e. The summed E-state index contributed by atoms with van der Waals surface area (Å²) in [5.74, 6) is -0.0780. The van der Waals surface area contributed by atoms with Crippen LogP contribution < -0.4 is 10.6 Å². The lowest BCUT2D eigenvalue weighted by Crippen LogP contribution is -2.45. The van der Waals surface area contributed by atoms with Gasteiger partial charge >= 0.3 is 0 Å². The Morgan fingerprint density at radius 1 is 1.50 bits per heavy atom. The van der Waals surface area contributed by atoms with Crippen molar-refractivity contribution in [3.8, 4) is 0 Å². The first-order valence-corrected chi connectivity index (χ1v) is 5.64. The zero-order valence-electron chi connectivity index (χ0n) is 9.15. The van der Waals surface area contributed by atoms with Crippen molar-refractivity contribution in [2.75, 3.05) is 32.9 Å². The van der Waals surface area contributed by atoms with E-state index in [1.807, 2.05) is 0 Å². The summed E-state index contributed by atoms with van der Waals surface area (Å²) in [6.45, 7) is 2.69. The van der Waals surface area contributed by atoms with Crippen LogP contribution in [0.4, 0.5) is 0 Å². The molecule has 0 aliphatic carbocycles. The summed E-state index contributed by atoms with van der Waals surface area (Å²) < 4.78 is 10.6. The lowest BCUT2D eigenvalue weighted by atomic mass is 10.2. The van der Waals surface area contributed by atoms with Crippen LogP contribution >= 0.6 is 0 Å². The molecule has 0 aromatic rings. The van der Waals surface area contributed by atoms with Gasteiger partial charge in [-0.1, -0.05) is 0 Å². The molecule has 2 fully saturated rings. The molecule has 6 nitrogen and oxygen atoms in total. The third-order valence-corrected chi connectivity index (χ3v) is 2.81. The lowest BCUT2D eigenvalue weighted by Gasteiger charge is -2.23. The van der Waals surface area contributed by atoms with Gasteiger partial charge in [0.1, 0.15) is 0 Å². The number of aliphatic hydroxyl groups excluding tert-OH is 1. The van der Waals surface area contributed by atoms with Crippen LogP contribution in [0.1, 0.15) is 6.42 Å². The molecule has 6 heteroatoms. The average molecular weight is 230 g/mol. The molecule has 16 heavy (non-hydrogen) atoms. The summed E-state index contributed by atoms with van der Waals surface area (Å²) in [6.07, 6.45) is 0.0162. The molecular formula is C10H18N2O4. The van der Waals surface area contributed by atoms with Gasteiger partial charge in [-0.3, -0.25) is 4.79 Å². The molecule has 0 spiro atoms. The van der Waals surface area contributed by atoms with E-state index in [0.29, 0.717) is 39.3 Å². The Bertz CT molecular complexity index is 243. The van der Waals surface area contributed by atoms with E-state index < -0.39 is 6.10 Å². The standard InChI is InChI=1S/C10H18N2O4/c13-7-3-9(11-4-7)10(14)12-5-8-6-15-1-2-16-8/h7-9,11,13H,1-6H2,(H,12,14). The van der Waals surface area contributed by atoms with Crippen molar-refractivity contribution in [2.24, 2.45) is 0 Å². The van der Waals surface area contributed by atoms with E-state index in [0.717, 1.165) is 0 Å². The zero-order chi connectivity index (χ0) is 11.4. The van der Waals surface area contributed by atoms with Crippen LogP contribution in [0.2, 0.25) is 0 Å². The topological polar surface area (TPSA) is 79.8 Å². The van der Waals surface area contributed by atoms with Gasteiger partial charge in [0.25, 0.3) is 0 Å².